The Hall–Kier alpha value is -2.28. The molecule has 0 spiro atoms. The van der Waals surface area contributed by atoms with Crippen molar-refractivity contribution in [2.45, 2.75) is 24.9 Å². The van der Waals surface area contributed by atoms with E-state index < -0.39 is 23.9 Å². The molecule has 0 aromatic heterocycles. The van der Waals surface area contributed by atoms with Crippen molar-refractivity contribution in [3.05, 3.63) is 34.3 Å². The van der Waals surface area contributed by atoms with Gasteiger partial charge in [0.15, 0.2) is 6.04 Å². The lowest BCUT2D eigenvalue weighted by Gasteiger charge is -2.17. The van der Waals surface area contributed by atoms with Crippen LogP contribution in [-0.2, 0) is 16.0 Å². The van der Waals surface area contributed by atoms with Gasteiger partial charge in [-0.15, -0.1) is 0 Å². The van der Waals surface area contributed by atoms with Crippen LogP contribution >= 0.6 is 11.6 Å². The lowest BCUT2D eigenvalue weighted by Crippen LogP contribution is -2.55. The maximum Gasteiger partial charge on any atom is 0.316 e. The van der Waals surface area contributed by atoms with E-state index >= 15 is 0 Å². The Labute approximate surface area is 126 Å². The van der Waals surface area contributed by atoms with E-state index in [0.717, 1.165) is 17.5 Å². The van der Waals surface area contributed by atoms with Gasteiger partial charge in [0.2, 0.25) is 11.8 Å². The zero-order chi connectivity index (χ0) is 15.6. The Kier molecular flexibility index (Phi) is 4.32. The van der Waals surface area contributed by atoms with Crippen LogP contribution in [0.25, 0.3) is 0 Å². The summed E-state index contributed by atoms with van der Waals surface area (Å²) in [6, 6.07) is 3.01. The number of primary amides is 2. The molecule has 0 bridgehead atoms. The smallest absolute Gasteiger partial charge is 0.316 e. The third kappa shape index (κ3) is 3.25. The summed E-state index contributed by atoms with van der Waals surface area (Å²) >= 11 is 6.09. The lowest BCUT2D eigenvalue weighted by atomic mass is 10.1. The molecule has 0 aliphatic heterocycles. The second-order valence-electron chi connectivity index (χ2n) is 4.75. The molecule has 0 heterocycles. The molecule has 2 rings (SSSR count). The van der Waals surface area contributed by atoms with Crippen molar-refractivity contribution in [3.8, 4) is 0 Å². The van der Waals surface area contributed by atoms with Crippen molar-refractivity contribution < 1.29 is 14.4 Å². The maximum atomic E-state index is 11.8. The molecule has 0 saturated carbocycles. The van der Waals surface area contributed by atoms with Gasteiger partial charge in [-0.25, -0.2) is 4.79 Å². The number of hydrogen-bond donors (Lipinski definition) is 4. The standard InChI is InChI=1S/C13H15ClN4O3/c14-8-3-1-2-7-6(8)4-5-9(7)17-13(21)18-10(11(15)19)12(16)20/h1-3,9-10H,4-5H2,(H2,15,19)(H2,16,20)(H2,17,18,21)/t9-/m1/s1. The van der Waals surface area contributed by atoms with Gasteiger partial charge < -0.3 is 22.1 Å². The summed E-state index contributed by atoms with van der Waals surface area (Å²) in [6.07, 6.45) is 1.43. The number of hydrogen-bond acceptors (Lipinski definition) is 3. The van der Waals surface area contributed by atoms with Crippen molar-refractivity contribution in [1.29, 1.82) is 0 Å². The summed E-state index contributed by atoms with van der Waals surface area (Å²) in [7, 11) is 0. The molecule has 0 unspecified atom stereocenters. The van der Waals surface area contributed by atoms with Crippen molar-refractivity contribution in [2.24, 2.45) is 11.5 Å². The van der Waals surface area contributed by atoms with E-state index in [1.165, 1.54) is 0 Å². The Morgan fingerprint density at radius 3 is 2.52 bits per heavy atom. The molecule has 0 fully saturated rings. The fraction of sp³-hybridized carbons (Fsp3) is 0.308. The van der Waals surface area contributed by atoms with Crippen LogP contribution in [0.2, 0.25) is 5.02 Å². The van der Waals surface area contributed by atoms with Crippen LogP contribution in [0.4, 0.5) is 4.79 Å². The molecule has 4 amide bonds. The van der Waals surface area contributed by atoms with Crippen molar-refractivity contribution >= 4 is 29.4 Å². The minimum absolute atomic E-state index is 0.236. The van der Waals surface area contributed by atoms with Crippen molar-refractivity contribution in [3.63, 3.8) is 0 Å². The van der Waals surface area contributed by atoms with Gasteiger partial charge in [-0.05, 0) is 30.0 Å². The molecule has 1 atom stereocenters. The normalized spacial score (nSPS) is 16.4. The van der Waals surface area contributed by atoms with E-state index in [-0.39, 0.29) is 6.04 Å². The van der Waals surface area contributed by atoms with Gasteiger partial charge in [0, 0.05) is 5.02 Å². The summed E-state index contributed by atoms with van der Waals surface area (Å²) in [5.74, 6) is -2.01. The SMILES string of the molecule is NC(=O)C(NC(=O)N[C@@H]1CCc2c(Cl)cccc21)C(N)=O. The summed E-state index contributed by atoms with van der Waals surface area (Å²) in [5, 5.41) is 5.49. The first kappa shape index (κ1) is 15.1. The highest BCUT2D eigenvalue weighted by molar-refractivity contribution is 6.31. The zero-order valence-electron chi connectivity index (χ0n) is 11.1. The highest BCUT2D eigenvalue weighted by atomic mass is 35.5. The highest BCUT2D eigenvalue weighted by Gasteiger charge is 2.28. The molecular weight excluding hydrogens is 296 g/mol. The third-order valence-corrected chi connectivity index (χ3v) is 3.72. The predicted molar refractivity (Wildman–Crippen MR) is 76.4 cm³/mol. The monoisotopic (exact) mass is 310 g/mol. The van der Waals surface area contributed by atoms with E-state index in [1.807, 2.05) is 6.07 Å². The Bertz CT molecular complexity index is 591. The second kappa shape index (κ2) is 6.01. The Balaban J connectivity index is 2.04. The molecule has 0 saturated heterocycles. The average molecular weight is 311 g/mol. The van der Waals surface area contributed by atoms with E-state index in [1.54, 1.807) is 12.1 Å². The van der Waals surface area contributed by atoms with Gasteiger partial charge in [-0.2, -0.15) is 0 Å². The number of halogens is 1. The van der Waals surface area contributed by atoms with E-state index in [0.29, 0.717) is 11.4 Å². The molecule has 7 nitrogen and oxygen atoms in total. The van der Waals surface area contributed by atoms with Crippen LogP contribution in [0.1, 0.15) is 23.6 Å². The number of nitrogens with two attached hydrogens (primary N) is 2. The van der Waals surface area contributed by atoms with Crippen molar-refractivity contribution in [1.82, 2.24) is 10.6 Å². The van der Waals surface area contributed by atoms with Crippen LogP contribution in [0.5, 0.6) is 0 Å². The Morgan fingerprint density at radius 1 is 1.24 bits per heavy atom. The van der Waals surface area contributed by atoms with Crippen LogP contribution in [0.3, 0.4) is 0 Å². The summed E-state index contributed by atoms with van der Waals surface area (Å²) in [5.41, 5.74) is 11.9. The number of carbonyl (C=O) groups excluding carboxylic acids is 3. The van der Waals surface area contributed by atoms with Gasteiger partial charge in [0.25, 0.3) is 0 Å². The topological polar surface area (TPSA) is 127 Å². The number of urea groups is 1. The lowest BCUT2D eigenvalue weighted by molar-refractivity contribution is -0.128. The fourth-order valence-electron chi connectivity index (χ4n) is 2.37. The minimum Gasteiger partial charge on any atom is -0.367 e. The first-order valence-electron chi connectivity index (χ1n) is 6.33. The van der Waals surface area contributed by atoms with Crippen LogP contribution < -0.4 is 22.1 Å². The number of amides is 4. The number of fused-ring (bicyclic) bond motifs is 1. The van der Waals surface area contributed by atoms with Gasteiger partial charge in [0.1, 0.15) is 0 Å². The first-order chi connectivity index (χ1) is 9.90. The fourth-order valence-corrected chi connectivity index (χ4v) is 2.65. The molecule has 8 heteroatoms. The summed E-state index contributed by atoms with van der Waals surface area (Å²) < 4.78 is 0. The molecule has 1 aromatic carbocycles. The van der Waals surface area contributed by atoms with Gasteiger partial charge in [-0.3, -0.25) is 9.59 Å². The number of benzene rings is 1. The highest BCUT2D eigenvalue weighted by Crippen LogP contribution is 2.35. The predicted octanol–water partition coefficient (Wildman–Crippen LogP) is -0.0343. The van der Waals surface area contributed by atoms with Crippen LogP contribution in [-0.4, -0.2) is 23.9 Å². The van der Waals surface area contributed by atoms with Crippen molar-refractivity contribution in [2.75, 3.05) is 0 Å². The molecule has 21 heavy (non-hydrogen) atoms. The van der Waals surface area contributed by atoms with E-state index in [2.05, 4.69) is 10.6 Å². The quantitative estimate of drug-likeness (QED) is 0.583. The second-order valence-corrected chi connectivity index (χ2v) is 5.16. The maximum absolute atomic E-state index is 11.8. The summed E-state index contributed by atoms with van der Waals surface area (Å²) in [6.45, 7) is 0. The molecule has 6 N–H and O–H groups in total. The minimum atomic E-state index is -1.54. The Morgan fingerprint density at radius 2 is 1.90 bits per heavy atom. The molecule has 1 aliphatic rings. The number of rotatable bonds is 4. The van der Waals surface area contributed by atoms with E-state index in [4.69, 9.17) is 23.1 Å². The summed E-state index contributed by atoms with van der Waals surface area (Å²) in [4.78, 5) is 33.9. The third-order valence-electron chi connectivity index (χ3n) is 3.36. The molecular formula is C13H15ClN4O3. The largest absolute Gasteiger partial charge is 0.367 e. The molecule has 1 aromatic rings. The van der Waals surface area contributed by atoms with Crippen LogP contribution in [0, 0.1) is 0 Å². The first-order valence-corrected chi connectivity index (χ1v) is 6.71. The average Bonchev–Trinajstić information content (AvgIpc) is 2.80. The molecule has 0 radical (unpaired) electrons. The molecule has 112 valence electrons. The number of carbonyl (C=O) groups is 3. The van der Waals surface area contributed by atoms with E-state index in [9.17, 15) is 14.4 Å². The van der Waals surface area contributed by atoms with Gasteiger partial charge >= 0.3 is 6.03 Å². The van der Waals surface area contributed by atoms with Gasteiger partial charge in [-0.1, -0.05) is 23.7 Å². The zero-order valence-corrected chi connectivity index (χ0v) is 11.8. The van der Waals surface area contributed by atoms with Gasteiger partial charge in [0.05, 0.1) is 6.04 Å². The number of nitrogens with one attached hydrogen (secondary N) is 2. The molecule has 1 aliphatic carbocycles. The van der Waals surface area contributed by atoms with Crippen LogP contribution in [0.15, 0.2) is 18.2 Å².